The van der Waals surface area contributed by atoms with Crippen molar-refractivity contribution in [3.05, 3.63) is 22.4 Å². The molecule has 0 radical (unpaired) electrons. The highest BCUT2D eigenvalue weighted by Crippen LogP contribution is 2.37. The summed E-state index contributed by atoms with van der Waals surface area (Å²) in [5.41, 5.74) is 1.42. The lowest BCUT2D eigenvalue weighted by atomic mass is 10.0. The van der Waals surface area contributed by atoms with Gasteiger partial charge >= 0.3 is 24.3 Å². The summed E-state index contributed by atoms with van der Waals surface area (Å²) in [4.78, 5) is 34.9. The summed E-state index contributed by atoms with van der Waals surface area (Å²) < 4.78 is 63.5. The van der Waals surface area contributed by atoms with E-state index < -0.39 is 24.3 Å². The third-order valence-corrected chi connectivity index (χ3v) is 6.10. The van der Waals surface area contributed by atoms with Gasteiger partial charge in [-0.1, -0.05) is 0 Å². The Morgan fingerprint density at radius 2 is 1.60 bits per heavy atom. The highest BCUT2D eigenvalue weighted by atomic mass is 32.1. The number of carbonyl (C=O) groups excluding carboxylic acids is 1. The summed E-state index contributed by atoms with van der Waals surface area (Å²) in [6, 6.07) is 3.23. The number of thiophene rings is 1. The number of hydrogen-bond donors (Lipinski definition) is 3. The molecule has 8 nitrogen and oxygen atoms in total. The third kappa shape index (κ3) is 9.29. The van der Waals surface area contributed by atoms with E-state index in [9.17, 15) is 31.1 Å². The molecule has 3 N–H and O–H groups in total. The molecule has 0 aliphatic carbocycles. The minimum Gasteiger partial charge on any atom is -0.475 e. The maximum Gasteiger partial charge on any atom is 0.490 e. The predicted molar refractivity (Wildman–Crippen MR) is 114 cm³/mol. The van der Waals surface area contributed by atoms with Gasteiger partial charge in [0, 0.05) is 38.8 Å². The molecule has 3 heterocycles. The molecule has 2 saturated heterocycles. The molecule has 35 heavy (non-hydrogen) atoms. The van der Waals surface area contributed by atoms with Crippen molar-refractivity contribution in [2.75, 3.05) is 20.1 Å². The number of alkyl halides is 6. The number of amides is 1. The zero-order valence-corrected chi connectivity index (χ0v) is 19.9. The SMILES string of the molecule is CNC(=O)[C@H]1C[C@@H]2CN(Cc3ccsc3)C[C@@H]2N1C(C)C.O=C(O)C(F)(F)F.O=C(O)C(F)(F)F. The van der Waals surface area contributed by atoms with E-state index in [0.29, 0.717) is 18.0 Å². The lowest BCUT2D eigenvalue weighted by molar-refractivity contribution is -0.193. The van der Waals surface area contributed by atoms with Crippen LogP contribution in [0.2, 0.25) is 0 Å². The van der Waals surface area contributed by atoms with E-state index in [1.807, 2.05) is 0 Å². The number of carboxylic acid groups (broad SMARTS) is 2. The number of carboxylic acids is 2. The van der Waals surface area contributed by atoms with Crippen LogP contribution in [0, 0.1) is 5.92 Å². The second-order valence-electron chi connectivity index (χ2n) is 8.17. The first-order chi connectivity index (χ1) is 16.0. The van der Waals surface area contributed by atoms with Crippen molar-refractivity contribution < 1.29 is 50.9 Å². The summed E-state index contributed by atoms with van der Waals surface area (Å²) >= 11 is 1.77. The van der Waals surface area contributed by atoms with Gasteiger partial charge in [-0.3, -0.25) is 14.6 Å². The molecule has 15 heteroatoms. The van der Waals surface area contributed by atoms with Crippen LogP contribution in [0.4, 0.5) is 26.3 Å². The third-order valence-electron chi connectivity index (χ3n) is 5.37. The van der Waals surface area contributed by atoms with E-state index >= 15 is 0 Å². The van der Waals surface area contributed by atoms with Crippen molar-refractivity contribution in [1.29, 1.82) is 0 Å². The van der Waals surface area contributed by atoms with Crippen LogP contribution in [0.5, 0.6) is 0 Å². The van der Waals surface area contributed by atoms with E-state index in [1.54, 1.807) is 18.4 Å². The molecule has 2 aliphatic heterocycles. The Balaban J connectivity index is 0.000000362. The average Bonchev–Trinajstić information content (AvgIpc) is 3.43. The molecule has 0 saturated carbocycles. The topological polar surface area (TPSA) is 110 Å². The molecule has 0 aromatic carbocycles. The van der Waals surface area contributed by atoms with Crippen molar-refractivity contribution >= 4 is 29.2 Å². The van der Waals surface area contributed by atoms with Crippen molar-refractivity contribution in [2.24, 2.45) is 5.92 Å². The Labute approximate surface area is 201 Å². The molecule has 3 rings (SSSR count). The van der Waals surface area contributed by atoms with Crippen LogP contribution in [0.1, 0.15) is 25.8 Å². The highest BCUT2D eigenvalue weighted by molar-refractivity contribution is 7.07. The van der Waals surface area contributed by atoms with Crippen LogP contribution in [0.3, 0.4) is 0 Å². The van der Waals surface area contributed by atoms with E-state index in [0.717, 1.165) is 26.1 Å². The van der Waals surface area contributed by atoms with Crippen LogP contribution in [-0.2, 0) is 20.9 Å². The molecular formula is C20H27F6N3O5S. The first-order valence-electron chi connectivity index (χ1n) is 10.3. The zero-order chi connectivity index (χ0) is 27.1. The van der Waals surface area contributed by atoms with Gasteiger partial charge in [0.15, 0.2) is 0 Å². The second kappa shape index (κ2) is 12.5. The number of aliphatic carboxylic acids is 2. The normalized spacial score (nSPS) is 22.5. The first-order valence-corrected chi connectivity index (χ1v) is 11.3. The van der Waals surface area contributed by atoms with Crippen LogP contribution in [0.25, 0.3) is 0 Å². The van der Waals surface area contributed by atoms with Crippen molar-refractivity contribution in [3.8, 4) is 0 Å². The minimum atomic E-state index is -5.08. The van der Waals surface area contributed by atoms with Crippen molar-refractivity contribution in [2.45, 2.75) is 57.3 Å². The fraction of sp³-hybridized carbons (Fsp3) is 0.650. The molecule has 3 atom stereocenters. The summed E-state index contributed by atoms with van der Waals surface area (Å²) in [7, 11) is 1.75. The van der Waals surface area contributed by atoms with Gasteiger partial charge in [-0.15, -0.1) is 0 Å². The number of likely N-dealkylation sites (tertiary alicyclic amines) is 2. The summed E-state index contributed by atoms with van der Waals surface area (Å²) in [6.07, 6.45) is -9.16. The molecule has 1 amide bonds. The molecule has 2 fully saturated rings. The number of halogens is 6. The number of hydrogen-bond acceptors (Lipinski definition) is 6. The van der Waals surface area contributed by atoms with Crippen LogP contribution >= 0.6 is 11.3 Å². The van der Waals surface area contributed by atoms with Gasteiger partial charge in [0.1, 0.15) is 0 Å². The number of nitrogens with zero attached hydrogens (tertiary/aromatic N) is 2. The lowest BCUT2D eigenvalue weighted by Crippen LogP contribution is -2.50. The van der Waals surface area contributed by atoms with Crippen LogP contribution in [-0.4, -0.2) is 88.5 Å². The van der Waals surface area contributed by atoms with Crippen LogP contribution < -0.4 is 5.32 Å². The maximum absolute atomic E-state index is 12.1. The predicted octanol–water partition coefficient (Wildman–Crippen LogP) is 3.04. The van der Waals surface area contributed by atoms with Crippen molar-refractivity contribution in [1.82, 2.24) is 15.1 Å². The highest BCUT2D eigenvalue weighted by Gasteiger charge is 2.49. The lowest BCUT2D eigenvalue weighted by Gasteiger charge is -2.33. The van der Waals surface area contributed by atoms with E-state index in [2.05, 4.69) is 45.8 Å². The van der Waals surface area contributed by atoms with Gasteiger partial charge in [0.2, 0.25) is 5.91 Å². The van der Waals surface area contributed by atoms with Gasteiger partial charge in [-0.2, -0.15) is 37.7 Å². The fourth-order valence-corrected chi connectivity index (χ4v) is 4.73. The fourth-order valence-electron chi connectivity index (χ4n) is 4.07. The molecule has 1 aromatic rings. The second-order valence-corrected chi connectivity index (χ2v) is 8.95. The molecule has 0 unspecified atom stereocenters. The van der Waals surface area contributed by atoms with Gasteiger partial charge in [0.05, 0.1) is 6.04 Å². The maximum atomic E-state index is 12.1. The monoisotopic (exact) mass is 535 g/mol. The Bertz CT molecular complexity index is 823. The zero-order valence-electron chi connectivity index (χ0n) is 19.1. The summed E-state index contributed by atoms with van der Waals surface area (Å²) in [5, 5.41) is 21.5. The quantitative estimate of drug-likeness (QED) is 0.509. The summed E-state index contributed by atoms with van der Waals surface area (Å²) in [6.45, 7) is 7.68. The van der Waals surface area contributed by atoms with Crippen molar-refractivity contribution in [3.63, 3.8) is 0 Å². The Morgan fingerprint density at radius 3 is 1.97 bits per heavy atom. The number of fused-ring (bicyclic) bond motifs is 1. The number of likely N-dealkylation sites (N-methyl/N-ethyl adjacent to an activating group) is 1. The Hall–Kier alpha value is -2.39. The molecule has 0 bridgehead atoms. The van der Waals surface area contributed by atoms with Gasteiger partial charge in [-0.25, -0.2) is 9.59 Å². The largest absolute Gasteiger partial charge is 0.490 e. The standard InChI is InChI=1S/C16H25N3OS.2C2HF3O2/c1-11(2)19-14(16(20)17-3)6-13-8-18(9-15(13)19)7-12-4-5-21-10-12;2*3-2(4,5)1(6)7/h4-5,10-11,13-15H,6-9H2,1-3H3,(H,17,20);2*(H,6,7)/t13-,14-,15+;;/m1../s1. The van der Waals surface area contributed by atoms with Gasteiger partial charge < -0.3 is 15.5 Å². The molecular weight excluding hydrogens is 508 g/mol. The summed E-state index contributed by atoms with van der Waals surface area (Å²) in [5.74, 6) is -4.70. The van der Waals surface area contributed by atoms with E-state index in [4.69, 9.17) is 19.8 Å². The first kappa shape index (κ1) is 30.6. The molecule has 0 spiro atoms. The minimum absolute atomic E-state index is 0.0632. The average molecular weight is 536 g/mol. The number of nitrogens with one attached hydrogen (secondary N) is 1. The van der Waals surface area contributed by atoms with E-state index in [-0.39, 0.29) is 11.9 Å². The van der Waals surface area contributed by atoms with Gasteiger partial charge in [-0.05, 0) is 48.6 Å². The van der Waals surface area contributed by atoms with Gasteiger partial charge in [0.25, 0.3) is 0 Å². The smallest absolute Gasteiger partial charge is 0.475 e. The number of rotatable bonds is 4. The molecule has 2 aliphatic rings. The Kier molecular flexibility index (Phi) is 11.0. The molecule has 1 aromatic heterocycles. The molecule has 200 valence electrons. The number of carbonyl (C=O) groups is 3. The van der Waals surface area contributed by atoms with Crippen LogP contribution in [0.15, 0.2) is 16.8 Å². The van der Waals surface area contributed by atoms with E-state index in [1.165, 1.54) is 5.56 Å². The Morgan fingerprint density at radius 1 is 1.09 bits per heavy atom.